The zero-order chi connectivity index (χ0) is 15.3. The molecule has 1 atom stereocenters. The van der Waals surface area contributed by atoms with Gasteiger partial charge in [0.1, 0.15) is 0 Å². The predicted octanol–water partition coefficient (Wildman–Crippen LogP) is 1.13. The molecule has 0 aromatic carbocycles. The van der Waals surface area contributed by atoms with Gasteiger partial charge in [0.2, 0.25) is 0 Å². The van der Waals surface area contributed by atoms with Crippen molar-refractivity contribution in [2.24, 2.45) is 11.3 Å². The molecule has 0 radical (unpaired) electrons. The topological polar surface area (TPSA) is 81.7 Å². The van der Waals surface area contributed by atoms with Crippen LogP contribution in [-0.4, -0.2) is 54.2 Å². The van der Waals surface area contributed by atoms with Crippen molar-refractivity contribution in [3.05, 3.63) is 0 Å². The molecular formula is C14H27N3O3. The first-order chi connectivity index (χ1) is 9.22. The molecule has 6 nitrogen and oxygen atoms in total. The number of urea groups is 1. The minimum atomic E-state index is -0.945. The van der Waals surface area contributed by atoms with Crippen molar-refractivity contribution in [3.8, 4) is 0 Å². The second-order valence-electron chi connectivity index (χ2n) is 6.50. The molecule has 1 aliphatic rings. The Labute approximate surface area is 120 Å². The second kappa shape index (κ2) is 6.92. The van der Waals surface area contributed by atoms with Gasteiger partial charge in [-0.05, 0) is 46.6 Å². The lowest BCUT2D eigenvalue weighted by Crippen LogP contribution is -2.44. The van der Waals surface area contributed by atoms with Crippen LogP contribution >= 0.6 is 0 Å². The highest BCUT2D eigenvalue weighted by molar-refractivity contribution is 5.77. The third kappa shape index (κ3) is 5.00. The van der Waals surface area contributed by atoms with Crippen LogP contribution in [-0.2, 0) is 4.79 Å². The Morgan fingerprint density at radius 2 is 2.00 bits per heavy atom. The lowest BCUT2D eigenvalue weighted by molar-refractivity contribution is -0.146. The summed E-state index contributed by atoms with van der Waals surface area (Å²) in [5, 5.41) is 14.4. The highest BCUT2D eigenvalue weighted by Crippen LogP contribution is 2.17. The van der Waals surface area contributed by atoms with Gasteiger partial charge in [-0.1, -0.05) is 0 Å². The number of carbonyl (C=O) groups is 2. The maximum Gasteiger partial charge on any atom is 0.314 e. The highest BCUT2D eigenvalue weighted by Gasteiger charge is 2.28. The van der Waals surface area contributed by atoms with Gasteiger partial charge in [0.15, 0.2) is 0 Å². The minimum Gasteiger partial charge on any atom is -0.481 e. The molecule has 0 spiro atoms. The summed E-state index contributed by atoms with van der Waals surface area (Å²) in [6.45, 7) is 10.4. The first-order valence-corrected chi connectivity index (χ1v) is 7.21. The van der Waals surface area contributed by atoms with Crippen molar-refractivity contribution < 1.29 is 14.7 Å². The number of carboxylic acids is 1. The van der Waals surface area contributed by atoms with Gasteiger partial charge >= 0.3 is 12.0 Å². The number of rotatable bonds is 6. The van der Waals surface area contributed by atoms with Crippen molar-refractivity contribution in [1.29, 1.82) is 0 Å². The zero-order valence-corrected chi connectivity index (χ0v) is 12.9. The maximum atomic E-state index is 11.7. The summed E-state index contributed by atoms with van der Waals surface area (Å²) < 4.78 is 0. The van der Waals surface area contributed by atoms with Gasteiger partial charge in [0, 0.05) is 25.7 Å². The number of nitrogens with one attached hydrogen (secondary N) is 2. The molecule has 1 heterocycles. The average Bonchev–Trinajstić information content (AvgIpc) is 2.82. The largest absolute Gasteiger partial charge is 0.481 e. The van der Waals surface area contributed by atoms with E-state index in [2.05, 4.69) is 29.4 Å². The highest BCUT2D eigenvalue weighted by atomic mass is 16.4. The van der Waals surface area contributed by atoms with E-state index in [1.807, 2.05) is 0 Å². The van der Waals surface area contributed by atoms with Crippen molar-refractivity contribution >= 4 is 12.0 Å². The molecule has 0 saturated carbocycles. The number of amides is 2. The lowest BCUT2D eigenvalue weighted by Gasteiger charge is -2.21. The second-order valence-corrected chi connectivity index (χ2v) is 6.50. The number of carbonyl (C=O) groups excluding carboxylic acids is 1. The van der Waals surface area contributed by atoms with Crippen LogP contribution in [0.3, 0.4) is 0 Å². The van der Waals surface area contributed by atoms with Crippen molar-refractivity contribution in [2.45, 2.75) is 40.2 Å². The molecule has 3 N–H and O–H groups in total. The summed E-state index contributed by atoms with van der Waals surface area (Å²) >= 11 is 0. The smallest absolute Gasteiger partial charge is 0.314 e. The van der Waals surface area contributed by atoms with Crippen LogP contribution in [0.15, 0.2) is 0 Å². The Kier molecular flexibility index (Phi) is 5.80. The monoisotopic (exact) mass is 285 g/mol. The zero-order valence-electron chi connectivity index (χ0n) is 12.9. The summed E-state index contributed by atoms with van der Waals surface area (Å²) in [6.07, 6.45) is 1.10. The number of hydrogen-bond donors (Lipinski definition) is 3. The fraction of sp³-hybridized carbons (Fsp3) is 0.857. The van der Waals surface area contributed by atoms with Crippen LogP contribution in [0.2, 0.25) is 0 Å². The molecule has 0 aliphatic carbocycles. The Balaban J connectivity index is 2.23. The first-order valence-electron chi connectivity index (χ1n) is 7.21. The molecule has 0 bridgehead atoms. The van der Waals surface area contributed by atoms with E-state index in [0.29, 0.717) is 18.5 Å². The molecule has 1 saturated heterocycles. The van der Waals surface area contributed by atoms with Gasteiger partial charge in [-0.25, -0.2) is 4.79 Å². The van der Waals surface area contributed by atoms with Gasteiger partial charge in [-0.2, -0.15) is 0 Å². The molecule has 2 amide bonds. The lowest BCUT2D eigenvalue weighted by atomic mass is 9.94. The van der Waals surface area contributed by atoms with Crippen LogP contribution in [0.25, 0.3) is 0 Å². The third-order valence-corrected chi connectivity index (χ3v) is 3.87. The Morgan fingerprint density at radius 3 is 2.50 bits per heavy atom. The van der Waals surface area contributed by atoms with Gasteiger partial charge in [0.05, 0.1) is 5.41 Å². The van der Waals surface area contributed by atoms with Gasteiger partial charge < -0.3 is 20.6 Å². The van der Waals surface area contributed by atoms with Crippen LogP contribution in [0.1, 0.15) is 34.1 Å². The van der Waals surface area contributed by atoms with E-state index >= 15 is 0 Å². The normalized spacial score (nSPS) is 20.1. The number of likely N-dealkylation sites (tertiary alicyclic amines) is 1. The molecule has 1 rings (SSSR count). The van der Waals surface area contributed by atoms with Gasteiger partial charge in [-0.15, -0.1) is 0 Å². The maximum absolute atomic E-state index is 11.7. The molecule has 0 aromatic rings. The fourth-order valence-corrected chi connectivity index (χ4v) is 2.17. The van der Waals surface area contributed by atoms with Crippen LogP contribution in [0.5, 0.6) is 0 Å². The number of hydrogen-bond acceptors (Lipinski definition) is 3. The Hall–Kier alpha value is -1.30. The van der Waals surface area contributed by atoms with Crippen molar-refractivity contribution in [1.82, 2.24) is 15.5 Å². The van der Waals surface area contributed by atoms with Crippen molar-refractivity contribution in [3.63, 3.8) is 0 Å². The average molecular weight is 285 g/mol. The summed E-state index contributed by atoms with van der Waals surface area (Å²) in [4.78, 5) is 25.0. The van der Waals surface area contributed by atoms with E-state index in [9.17, 15) is 9.59 Å². The van der Waals surface area contributed by atoms with E-state index < -0.39 is 11.4 Å². The van der Waals surface area contributed by atoms with E-state index in [1.54, 1.807) is 13.8 Å². The quantitative estimate of drug-likeness (QED) is 0.683. The van der Waals surface area contributed by atoms with Crippen LogP contribution < -0.4 is 10.6 Å². The molecule has 6 heteroatoms. The van der Waals surface area contributed by atoms with Crippen molar-refractivity contribution in [2.75, 3.05) is 26.2 Å². The molecule has 1 fully saturated rings. The molecule has 20 heavy (non-hydrogen) atoms. The van der Waals surface area contributed by atoms with Crippen LogP contribution in [0.4, 0.5) is 4.79 Å². The summed E-state index contributed by atoms with van der Waals surface area (Å²) in [6, 6.07) is 0.257. The molecular weight excluding hydrogens is 258 g/mol. The number of carboxylic acid groups (broad SMARTS) is 1. The van der Waals surface area contributed by atoms with E-state index in [0.717, 1.165) is 19.5 Å². The predicted molar refractivity (Wildman–Crippen MR) is 77.6 cm³/mol. The van der Waals surface area contributed by atoms with E-state index in [4.69, 9.17) is 5.11 Å². The fourth-order valence-electron chi connectivity index (χ4n) is 2.17. The Morgan fingerprint density at radius 1 is 1.35 bits per heavy atom. The number of aliphatic carboxylic acids is 1. The molecule has 116 valence electrons. The Bertz CT molecular complexity index is 356. The van der Waals surface area contributed by atoms with E-state index in [-0.39, 0.29) is 12.6 Å². The SMILES string of the molecule is CC(C)N1CCC(CNC(=O)NCC(C)(C)C(=O)O)C1. The molecule has 1 aliphatic heterocycles. The van der Waals surface area contributed by atoms with Gasteiger partial charge in [-0.3, -0.25) is 4.79 Å². The van der Waals surface area contributed by atoms with Crippen LogP contribution in [0, 0.1) is 11.3 Å². The summed E-state index contributed by atoms with van der Waals surface area (Å²) in [5.74, 6) is -0.434. The third-order valence-electron chi connectivity index (χ3n) is 3.87. The standard InChI is InChI=1S/C14H27N3O3/c1-10(2)17-6-5-11(8-17)7-15-13(20)16-9-14(3,4)12(18)19/h10-11H,5-9H2,1-4H3,(H,18,19)(H2,15,16,20). The summed E-state index contributed by atoms with van der Waals surface area (Å²) in [7, 11) is 0. The summed E-state index contributed by atoms with van der Waals surface area (Å²) in [5.41, 5.74) is -0.945. The minimum absolute atomic E-state index is 0.122. The molecule has 1 unspecified atom stereocenters. The number of nitrogens with zero attached hydrogens (tertiary/aromatic N) is 1. The molecule has 0 aromatic heterocycles. The first kappa shape index (κ1) is 16.8. The van der Waals surface area contributed by atoms with Gasteiger partial charge in [0.25, 0.3) is 0 Å². The van der Waals surface area contributed by atoms with E-state index in [1.165, 1.54) is 0 Å².